The van der Waals surface area contributed by atoms with Crippen LogP contribution in [0, 0.1) is 0 Å². The van der Waals surface area contributed by atoms with Crippen molar-refractivity contribution in [2.75, 3.05) is 31.1 Å². The van der Waals surface area contributed by atoms with Gasteiger partial charge < -0.3 is 4.90 Å². The Balaban J connectivity index is 1.42. The Hall–Kier alpha value is -2.99. The number of H-pyrrole nitrogens is 1. The van der Waals surface area contributed by atoms with Crippen molar-refractivity contribution in [2.24, 2.45) is 0 Å². The molecule has 4 rings (SSSR count). The molecule has 1 fully saturated rings. The molecule has 0 radical (unpaired) electrons. The molecule has 132 valence electrons. The molecule has 0 aliphatic carbocycles. The topological polar surface area (TPSA) is 65.1 Å². The van der Waals surface area contributed by atoms with E-state index in [1.165, 1.54) is 5.56 Å². The molecule has 1 aliphatic heterocycles. The Bertz CT molecular complexity index is 902. The van der Waals surface area contributed by atoms with Gasteiger partial charge in [0.05, 0.1) is 0 Å². The summed E-state index contributed by atoms with van der Waals surface area (Å²) < 4.78 is 0. The van der Waals surface area contributed by atoms with Gasteiger partial charge in [0, 0.05) is 38.3 Å². The summed E-state index contributed by atoms with van der Waals surface area (Å²) in [4.78, 5) is 19.8. The minimum Gasteiger partial charge on any atom is -0.338 e. The second-order valence-corrected chi connectivity index (χ2v) is 6.44. The minimum atomic E-state index is -0.201. The van der Waals surface area contributed by atoms with Gasteiger partial charge in [-0.2, -0.15) is 0 Å². The normalized spacial score (nSPS) is 15.2. The van der Waals surface area contributed by atoms with Gasteiger partial charge in [0.1, 0.15) is 0 Å². The molecule has 0 unspecified atom stereocenters. The number of aromatic nitrogens is 3. The fraction of sp³-hybridized carbons (Fsp3) is 0.250. The largest absolute Gasteiger partial charge is 0.338 e. The van der Waals surface area contributed by atoms with E-state index in [2.05, 4.69) is 49.2 Å². The van der Waals surface area contributed by atoms with E-state index in [0.29, 0.717) is 11.6 Å². The monoisotopic (exact) mass is 347 g/mol. The van der Waals surface area contributed by atoms with Crippen molar-refractivity contribution >= 4 is 5.95 Å². The third kappa shape index (κ3) is 3.65. The summed E-state index contributed by atoms with van der Waals surface area (Å²) >= 11 is 0. The number of hydrogen-bond acceptors (Lipinski definition) is 5. The quantitative estimate of drug-likeness (QED) is 0.783. The lowest BCUT2D eigenvalue weighted by atomic mass is 10.2. The maximum atomic E-state index is 12.4. The summed E-state index contributed by atoms with van der Waals surface area (Å²) in [6.45, 7) is 4.45. The van der Waals surface area contributed by atoms with Gasteiger partial charge in [-0.3, -0.25) is 14.7 Å². The summed E-state index contributed by atoms with van der Waals surface area (Å²) in [6, 6.07) is 19.9. The number of hydrogen-bond donors (Lipinski definition) is 1. The molecule has 6 heteroatoms. The Morgan fingerprint density at radius 1 is 0.846 bits per heavy atom. The lowest BCUT2D eigenvalue weighted by molar-refractivity contribution is 0.248. The first-order chi connectivity index (χ1) is 12.8. The zero-order valence-corrected chi connectivity index (χ0v) is 14.5. The van der Waals surface area contributed by atoms with Gasteiger partial charge in [0.15, 0.2) is 5.69 Å². The van der Waals surface area contributed by atoms with Crippen LogP contribution in [0.5, 0.6) is 0 Å². The standard InChI is InChI=1S/C20H21N5O/c26-19-18(17-9-5-2-6-10-17)22-23-20(21-19)25-13-11-24(12-14-25)15-16-7-3-1-4-8-16/h1-10H,11-15H2,(H,21,23,26). The average Bonchev–Trinajstić information content (AvgIpc) is 2.70. The van der Waals surface area contributed by atoms with E-state index >= 15 is 0 Å². The summed E-state index contributed by atoms with van der Waals surface area (Å²) in [5.74, 6) is 0.550. The van der Waals surface area contributed by atoms with Crippen molar-refractivity contribution in [3.05, 3.63) is 76.6 Å². The van der Waals surface area contributed by atoms with Gasteiger partial charge >= 0.3 is 0 Å². The van der Waals surface area contributed by atoms with Crippen LogP contribution >= 0.6 is 0 Å². The molecule has 1 aliphatic rings. The smallest absolute Gasteiger partial charge is 0.279 e. The molecule has 1 aromatic heterocycles. The Morgan fingerprint density at radius 3 is 2.15 bits per heavy atom. The average molecular weight is 347 g/mol. The molecular formula is C20H21N5O. The van der Waals surface area contributed by atoms with E-state index in [0.717, 1.165) is 38.3 Å². The molecule has 2 aromatic carbocycles. The van der Waals surface area contributed by atoms with Gasteiger partial charge in [-0.05, 0) is 5.56 Å². The van der Waals surface area contributed by atoms with E-state index < -0.39 is 0 Å². The molecule has 6 nitrogen and oxygen atoms in total. The molecular weight excluding hydrogens is 326 g/mol. The SMILES string of the molecule is O=c1[nH]c(N2CCN(Cc3ccccc3)CC2)nnc1-c1ccccc1. The van der Waals surface area contributed by atoms with Crippen molar-refractivity contribution in [1.82, 2.24) is 20.1 Å². The molecule has 0 bridgehead atoms. The highest BCUT2D eigenvalue weighted by Gasteiger charge is 2.20. The lowest BCUT2D eigenvalue weighted by Gasteiger charge is -2.34. The van der Waals surface area contributed by atoms with E-state index in [1.807, 2.05) is 36.4 Å². The van der Waals surface area contributed by atoms with Crippen LogP contribution in [0.3, 0.4) is 0 Å². The van der Waals surface area contributed by atoms with Crippen molar-refractivity contribution in [3.63, 3.8) is 0 Å². The van der Waals surface area contributed by atoms with Crippen LogP contribution in [0.1, 0.15) is 5.56 Å². The van der Waals surface area contributed by atoms with Crippen LogP contribution in [-0.2, 0) is 6.54 Å². The third-order valence-corrected chi connectivity index (χ3v) is 4.65. The molecule has 1 N–H and O–H groups in total. The van der Waals surface area contributed by atoms with E-state index in [1.54, 1.807) is 0 Å². The van der Waals surface area contributed by atoms with E-state index in [4.69, 9.17) is 0 Å². The van der Waals surface area contributed by atoms with Crippen molar-refractivity contribution in [2.45, 2.75) is 6.54 Å². The highest BCUT2D eigenvalue weighted by Crippen LogP contribution is 2.14. The number of piperazine rings is 1. The predicted octanol–water partition coefficient (Wildman–Crippen LogP) is 2.15. The number of aromatic amines is 1. The second kappa shape index (κ2) is 7.49. The summed E-state index contributed by atoms with van der Waals surface area (Å²) in [5, 5.41) is 8.41. The maximum Gasteiger partial charge on any atom is 0.279 e. The molecule has 3 aromatic rings. The second-order valence-electron chi connectivity index (χ2n) is 6.44. The minimum absolute atomic E-state index is 0.201. The highest BCUT2D eigenvalue weighted by atomic mass is 16.1. The first kappa shape index (κ1) is 16.5. The van der Waals surface area contributed by atoms with Crippen LogP contribution in [-0.4, -0.2) is 46.3 Å². The van der Waals surface area contributed by atoms with Gasteiger partial charge in [-0.25, -0.2) is 0 Å². The number of benzene rings is 2. The number of nitrogens with one attached hydrogen (secondary N) is 1. The maximum absolute atomic E-state index is 12.4. The van der Waals surface area contributed by atoms with Crippen LogP contribution in [0.25, 0.3) is 11.3 Å². The van der Waals surface area contributed by atoms with E-state index in [9.17, 15) is 4.79 Å². The molecule has 26 heavy (non-hydrogen) atoms. The number of nitrogens with zero attached hydrogens (tertiary/aromatic N) is 4. The van der Waals surface area contributed by atoms with Gasteiger partial charge in [0.25, 0.3) is 5.56 Å². The fourth-order valence-electron chi connectivity index (χ4n) is 3.22. The number of anilines is 1. The number of rotatable bonds is 4. The first-order valence-electron chi connectivity index (χ1n) is 8.83. The van der Waals surface area contributed by atoms with Crippen molar-refractivity contribution in [3.8, 4) is 11.3 Å². The predicted molar refractivity (Wildman–Crippen MR) is 102 cm³/mol. The first-order valence-corrected chi connectivity index (χ1v) is 8.83. The Morgan fingerprint density at radius 2 is 1.50 bits per heavy atom. The van der Waals surface area contributed by atoms with Crippen LogP contribution in [0.15, 0.2) is 65.5 Å². The molecule has 0 saturated carbocycles. The Kier molecular flexibility index (Phi) is 4.75. The van der Waals surface area contributed by atoms with Crippen LogP contribution < -0.4 is 10.5 Å². The van der Waals surface area contributed by atoms with Crippen molar-refractivity contribution in [1.29, 1.82) is 0 Å². The lowest BCUT2D eigenvalue weighted by Crippen LogP contribution is -2.47. The summed E-state index contributed by atoms with van der Waals surface area (Å²) in [7, 11) is 0. The zero-order valence-electron chi connectivity index (χ0n) is 14.5. The van der Waals surface area contributed by atoms with Crippen molar-refractivity contribution < 1.29 is 0 Å². The van der Waals surface area contributed by atoms with Crippen LogP contribution in [0.4, 0.5) is 5.95 Å². The van der Waals surface area contributed by atoms with Gasteiger partial charge in [-0.1, -0.05) is 60.7 Å². The molecule has 0 amide bonds. The molecule has 0 atom stereocenters. The summed E-state index contributed by atoms with van der Waals surface area (Å²) in [5.41, 5.74) is 2.26. The molecule has 1 saturated heterocycles. The van der Waals surface area contributed by atoms with E-state index in [-0.39, 0.29) is 5.56 Å². The molecule has 0 spiro atoms. The van der Waals surface area contributed by atoms with Gasteiger partial charge in [0.2, 0.25) is 5.95 Å². The van der Waals surface area contributed by atoms with Gasteiger partial charge in [-0.15, -0.1) is 10.2 Å². The zero-order chi connectivity index (χ0) is 17.8. The third-order valence-electron chi connectivity index (χ3n) is 4.65. The fourth-order valence-corrected chi connectivity index (χ4v) is 3.22. The van der Waals surface area contributed by atoms with Crippen LogP contribution in [0.2, 0.25) is 0 Å². The summed E-state index contributed by atoms with van der Waals surface area (Å²) in [6.07, 6.45) is 0. The highest BCUT2D eigenvalue weighted by molar-refractivity contribution is 5.57. The Labute approximate surface area is 152 Å². The molecule has 2 heterocycles.